The van der Waals surface area contributed by atoms with Gasteiger partial charge in [0.25, 0.3) is 0 Å². The second-order valence-electron chi connectivity index (χ2n) is 8.88. The molecule has 1 atom stereocenters. The van der Waals surface area contributed by atoms with E-state index in [4.69, 9.17) is 0 Å². The highest BCUT2D eigenvalue weighted by Crippen LogP contribution is 2.33. The SMILES string of the molecule is c1ccc(CN2CCN(C(c3ccccc3)c3nnnn3C3CCCCC3)CC2)cc1. The number of hydrogen-bond acceptors (Lipinski definition) is 5. The second kappa shape index (κ2) is 9.71. The molecular weight excluding hydrogens is 384 g/mol. The van der Waals surface area contributed by atoms with Crippen molar-refractivity contribution in [3.63, 3.8) is 0 Å². The van der Waals surface area contributed by atoms with Crippen LogP contribution in [0.1, 0.15) is 61.1 Å². The standard InChI is InChI=1S/C25H32N6/c1-4-10-21(11-5-1)20-29-16-18-30(19-17-29)24(22-12-6-2-7-13-22)25-26-27-28-31(25)23-14-8-3-9-15-23/h1-2,4-7,10-13,23-24H,3,8-9,14-20H2. The number of piperazine rings is 1. The molecule has 0 spiro atoms. The Morgan fingerprint density at radius 2 is 1.48 bits per heavy atom. The highest BCUT2D eigenvalue weighted by molar-refractivity contribution is 5.25. The molecule has 1 unspecified atom stereocenters. The average molecular weight is 417 g/mol. The molecule has 6 nitrogen and oxygen atoms in total. The molecule has 2 aromatic carbocycles. The van der Waals surface area contributed by atoms with E-state index in [0.717, 1.165) is 38.5 Å². The summed E-state index contributed by atoms with van der Waals surface area (Å²) in [6.45, 7) is 5.17. The minimum atomic E-state index is 0.108. The van der Waals surface area contributed by atoms with Crippen molar-refractivity contribution >= 4 is 0 Å². The van der Waals surface area contributed by atoms with Crippen LogP contribution < -0.4 is 0 Å². The van der Waals surface area contributed by atoms with Crippen molar-refractivity contribution in [2.45, 2.75) is 50.7 Å². The zero-order valence-electron chi connectivity index (χ0n) is 18.2. The summed E-state index contributed by atoms with van der Waals surface area (Å²) < 4.78 is 2.15. The van der Waals surface area contributed by atoms with Gasteiger partial charge in [0.1, 0.15) is 0 Å². The van der Waals surface area contributed by atoms with Crippen LogP contribution >= 0.6 is 0 Å². The molecule has 1 aromatic heterocycles. The van der Waals surface area contributed by atoms with E-state index in [1.54, 1.807) is 0 Å². The largest absolute Gasteiger partial charge is 0.297 e. The Hall–Kier alpha value is -2.57. The van der Waals surface area contributed by atoms with Crippen LogP contribution in [0.25, 0.3) is 0 Å². The third-order valence-electron chi connectivity index (χ3n) is 6.82. The minimum absolute atomic E-state index is 0.108. The summed E-state index contributed by atoms with van der Waals surface area (Å²) in [5.74, 6) is 1.01. The van der Waals surface area contributed by atoms with Crippen molar-refractivity contribution in [1.82, 2.24) is 30.0 Å². The highest BCUT2D eigenvalue weighted by Gasteiger charge is 2.32. The van der Waals surface area contributed by atoms with Crippen molar-refractivity contribution in [1.29, 1.82) is 0 Å². The maximum atomic E-state index is 4.58. The molecule has 0 N–H and O–H groups in total. The summed E-state index contributed by atoms with van der Waals surface area (Å²) in [6, 6.07) is 22.1. The van der Waals surface area contributed by atoms with E-state index < -0.39 is 0 Å². The van der Waals surface area contributed by atoms with Gasteiger partial charge in [-0.25, -0.2) is 4.68 Å². The molecule has 2 aliphatic rings. The van der Waals surface area contributed by atoms with Crippen molar-refractivity contribution in [2.24, 2.45) is 0 Å². The Kier molecular flexibility index (Phi) is 6.37. The number of aromatic nitrogens is 4. The molecule has 5 rings (SSSR count). The van der Waals surface area contributed by atoms with Gasteiger partial charge in [0.2, 0.25) is 0 Å². The lowest BCUT2D eigenvalue weighted by atomic mass is 9.95. The maximum absolute atomic E-state index is 4.58. The normalized spacial score (nSPS) is 20.0. The van der Waals surface area contributed by atoms with Gasteiger partial charge in [0, 0.05) is 32.7 Å². The molecule has 3 aromatic rings. The molecule has 1 aliphatic carbocycles. The van der Waals surface area contributed by atoms with Crippen molar-refractivity contribution in [2.75, 3.05) is 26.2 Å². The van der Waals surface area contributed by atoms with Crippen LogP contribution in [-0.4, -0.2) is 56.2 Å². The third kappa shape index (κ3) is 4.70. The van der Waals surface area contributed by atoms with Crippen molar-refractivity contribution < 1.29 is 0 Å². The predicted octanol–water partition coefficient (Wildman–Crippen LogP) is 4.09. The number of tetrazole rings is 1. The molecule has 0 amide bonds. The Bertz CT molecular complexity index is 927. The molecule has 31 heavy (non-hydrogen) atoms. The van der Waals surface area contributed by atoms with Gasteiger partial charge in [-0.05, 0) is 34.4 Å². The van der Waals surface area contributed by atoms with E-state index in [1.165, 1.54) is 43.2 Å². The number of hydrogen-bond donors (Lipinski definition) is 0. The van der Waals surface area contributed by atoms with E-state index in [9.17, 15) is 0 Å². The van der Waals surface area contributed by atoms with Crippen LogP contribution in [0.4, 0.5) is 0 Å². The zero-order valence-corrected chi connectivity index (χ0v) is 18.2. The zero-order chi connectivity index (χ0) is 20.9. The van der Waals surface area contributed by atoms with E-state index in [2.05, 4.69) is 90.7 Å². The van der Waals surface area contributed by atoms with Gasteiger partial charge in [-0.2, -0.15) is 0 Å². The molecule has 0 radical (unpaired) electrons. The lowest BCUT2D eigenvalue weighted by Crippen LogP contribution is -2.48. The maximum Gasteiger partial charge on any atom is 0.173 e. The second-order valence-corrected chi connectivity index (χ2v) is 8.88. The highest BCUT2D eigenvalue weighted by atomic mass is 15.6. The van der Waals surface area contributed by atoms with Gasteiger partial charge >= 0.3 is 0 Å². The minimum Gasteiger partial charge on any atom is -0.297 e. The van der Waals surface area contributed by atoms with Gasteiger partial charge in [-0.3, -0.25) is 9.80 Å². The fraction of sp³-hybridized carbons (Fsp3) is 0.480. The predicted molar refractivity (Wildman–Crippen MR) is 122 cm³/mol. The van der Waals surface area contributed by atoms with Crippen LogP contribution in [0.15, 0.2) is 60.7 Å². The van der Waals surface area contributed by atoms with Crippen LogP contribution in [0.5, 0.6) is 0 Å². The smallest absolute Gasteiger partial charge is 0.173 e. The monoisotopic (exact) mass is 416 g/mol. The number of benzene rings is 2. The first kappa shape index (κ1) is 20.3. The lowest BCUT2D eigenvalue weighted by Gasteiger charge is -2.39. The molecule has 2 fully saturated rings. The van der Waals surface area contributed by atoms with E-state index in [-0.39, 0.29) is 6.04 Å². The summed E-state index contributed by atoms with van der Waals surface area (Å²) >= 11 is 0. The van der Waals surface area contributed by atoms with Gasteiger partial charge in [0.05, 0.1) is 12.1 Å². The topological polar surface area (TPSA) is 50.1 Å². The fourth-order valence-electron chi connectivity index (χ4n) is 5.15. The molecular formula is C25H32N6. The van der Waals surface area contributed by atoms with Crippen LogP contribution in [0.3, 0.4) is 0 Å². The molecule has 0 bridgehead atoms. The third-order valence-corrected chi connectivity index (χ3v) is 6.82. The molecule has 162 valence electrons. The molecule has 1 saturated heterocycles. The molecule has 1 saturated carbocycles. The van der Waals surface area contributed by atoms with E-state index >= 15 is 0 Å². The average Bonchev–Trinajstić information content (AvgIpc) is 3.32. The summed E-state index contributed by atoms with van der Waals surface area (Å²) in [6.07, 6.45) is 6.25. The first-order valence-corrected chi connectivity index (χ1v) is 11.7. The Morgan fingerprint density at radius 1 is 0.806 bits per heavy atom. The Morgan fingerprint density at radius 3 is 2.19 bits per heavy atom. The molecule has 1 aliphatic heterocycles. The first-order valence-electron chi connectivity index (χ1n) is 11.7. The van der Waals surface area contributed by atoms with Crippen LogP contribution in [-0.2, 0) is 6.54 Å². The van der Waals surface area contributed by atoms with Crippen molar-refractivity contribution in [3.05, 3.63) is 77.6 Å². The summed E-state index contributed by atoms with van der Waals surface area (Å²) in [4.78, 5) is 5.12. The van der Waals surface area contributed by atoms with Gasteiger partial charge in [0.15, 0.2) is 5.82 Å². The Balaban J connectivity index is 1.36. The van der Waals surface area contributed by atoms with E-state index in [0.29, 0.717) is 6.04 Å². The van der Waals surface area contributed by atoms with E-state index in [1.807, 2.05) is 0 Å². The molecule has 6 heteroatoms. The fourth-order valence-corrected chi connectivity index (χ4v) is 5.15. The quantitative estimate of drug-likeness (QED) is 0.606. The van der Waals surface area contributed by atoms with Crippen molar-refractivity contribution in [3.8, 4) is 0 Å². The summed E-state index contributed by atoms with van der Waals surface area (Å²) in [5, 5.41) is 13.2. The van der Waals surface area contributed by atoms with Gasteiger partial charge < -0.3 is 0 Å². The van der Waals surface area contributed by atoms with Crippen LogP contribution in [0.2, 0.25) is 0 Å². The summed E-state index contributed by atoms with van der Waals surface area (Å²) in [7, 11) is 0. The van der Waals surface area contributed by atoms with Gasteiger partial charge in [-0.1, -0.05) is 79.9 Å². The summed E-state index contributed by atoms with van der Waals surface area (Å²) in [5.41, 5.74) is 2.67. The lowest BCUT2D eigenvalue weighted by molar-refractivity contribution is 0.0986. The number of rotatable bonds is 6. The van der Waals surface area contributed by atoms with Crippen LogP contribution in [0, 0.1) is 0 Å². The number of nitrogens with zero attached hydrogens (tertiary/aromatic N) is 6. The Labute approximate surface area is 184 Å². The molecule has 2 heterocycles. The van der Waals surface area contributed by atoms with Gasteiger partial charge in [-0.15, -0.1) is 5.10 Å². The first-order chi connectivity index (χ1) is 15.4.